The fourth-order valence-electron chi connectivity index (χ4n) is 1.90. The molecule has 1 atom stereocenters. The van der Waals surface area contributed by atoms with Gasteiger partial charge >= 0.3 is 5.97 Å². The van der Waals surface area contributed by atoms with E-state index in [0.717, 1.165) is 10.4 Å². The number of aliphatic hydroxyl groups excluding tert-OH is 1. The van der Waals surface area contributed by atoms with E-state index < -0.39 is 22.1 Å². The van der Waals surface area contributed by atoms with Crippen molar-refractivity contribution in [2.24, 2.45) is 0 Å². The lowest BCUT2D eigenvalue weighted by Gasteiger charge is -2.17. The lowest BCUT2D eigenvalue weighted by Crippen LogP contribution is -2.30. The minimum atomic E-state index is -3.80. The van der Waals surface area contributed by atoms with Crippen LogP contribution in [0.25, 0.3) is 0 Å². The predicted octanol–water partition coefficient (Wildman–Crippen LogP) is 0.903. The van der Waals surface area contributed by atoms with Crippen LogP contribution >= 0.6 is 15.9 Å². The summed E-state index contributed by atoms with van der Waals surface area (Å²) in [6, 6.07) is 3.83. The predicted molar refractivity (Wildman–Crippen MR) is 70.5 cm³/mol. The van der Waals surface area contributed by atoms with Gasteiger partial charge in [-0.05, 0) is 40.5 Å². The van der Waals surface area contributed by atoms with Crippen LogP contribution < -0.4 is 0 Å². The summed E-state index contributed by atoms with van der Waals surface area (Å²) in [4.78, 5) is 10.8. The molecule has 8 heteroatoms. The Labute approximate surface area is 118 Å². The lowest BCUT2D eigenvalue weighted by atomic mass is 10.2. The summed E-state index contributed by atoms with van der Waals surface area (Å²) in [6.07, 6.45) is -0.286. The maximum Gasteiger partial charge on any atom is 0.335 e. The van der Waals surface area contributed by atoms with Crippen LogP contribution in [0.5, 0.6) is 0 Å². The highest BCUT2D eigenvalue weighted by molar-refractivity contribution is 9.10. The molecule has 1 fully saturated rings. The van der Waals surface area contributed by atoms with Crippen molar-refractivity contribution < 1.29 is 23.4 Å². The number of benzene rings is 1. The van der Waals surface area contributed by atoms with Crippen molar-refractivity contribution in [1.82, 2.24) is 4.31 Å². The maximum atomic E-state index is 12.4. The zero-order chi connectivity index (χ0) is 14.2. The number of halogens is 1. The number of hydrogen-bond donors (Lipinski definition) is 2. The Hall–Kier alpha value is -0.960. The van der Waals surface area contributed by atoms with Gasteiger partial charge < -0.3 is 10.2 Å². The lowest BCUT2D eigenvalue weighted by molar-refractivity contribution is 0.0696. The van der Waals surface area contributed by atoms with E-state index in [2.05, 4.69) is 15.9 Å². The molecule has 19 heavy (non-hydrogen) atoms. The van der Waals surface area contributed by atoms with E-state index in [4.69, 9.17) is 5.11 Å². The molecule has 6 nitrogen and oxygen atoms in total. The second-order valence-corrected chi connectivity index (χ2v) is 7.02. The van der Waals surface area contributed by atoms with Crippen LogP contribution in [0.2, 0.25) is 0 Å². The highest BCUT2D eigenvalue weighted by atomic mass is 79.9. The molecule has 1 aromatic rings. The fraction of sp³-hybridized carbons (Fsp3) is 0.364. The quantitative estimate of drug-likeness (QED) is 0.845. The van der Waals surface area contributed by atoms with E-state index >= 15 is 0 Å². The maximum absolute atomic E-state index is 12.4. The Morgan fingerprint density at radius 1 is 1.42 bits per heavy atom. The van der Waals surface area contributed by atoms with Crippen molar-refractivity contribution in [3.05, 3.63) is 28.2 Å². The van der Waals surface area contributed by atoms with Crippen LogP contribution in [-0.2, 0) is 10.0 Å². The summed E-state index contributed by atoms with van der Waals surface area (Å²) >= 11 is 3.12. The summed E-state index contributed by atoms with van der Waals surface area (Å²) in [5.41, 5.74) is -0.0958. The van der Waals surface area contributed by atoms with E-state index in [1.165, 1.54) is 12.1 Å². The Morgan fingerprint density at radius 2 is 2.11 bits per heavy atom. The molecular weight excluding hydrogens is 338 g/mol. The standard InChI is InChI=1S/C11H12BrNO5S/c12-9-2-1-7(11(15)16)5-10(9)19(17,18)13-4-3-8(14)6-13/h1-2,5,8,14H,3-4,6H2,(H,15,16). The number of nitrogens with zero attached hydrogens (tertiary/aromatic N) is 1. The van der Waals surface area contributed by atoms with Gasteiger partial charge in [0.1, 0.15) is 0 Å². The third-order valence-electron chi connectivity index (χ3n) is 2.92. The van der Waals surface area contributed by atoms with Gasteiger partial charge in [0.05, 0.1) is 16.6 Å². The number of aliphatic hydroxyl groups is 1. The van der Waals surface area contributed by atoms with Crippen LogP contribution in [0.4, 0.5) is 0 Å². The normalized spacial score (nSPS) is 20.6. The zero-order valence-electron chi connectivity index (χ0n) is 9.78. The highest BCUT2D eigenvalue weighted by Crippen LogP contribution is 2.28. The third-order valence-corrected chi connectivity index (χ3v) is 5.78. The number of hydrogen-bond acceptors (Lipinski definition) is 4. The van der Waals surface area contributed by atoms with Crippen LogP contribution in [0.15, 0.2) is 27.6 Å². The molecular formula is C11H12BrNO5S. The van der Waals surface area contributed by atoms with Crippen LogP contribution in [0.3, 0.4) is 0 Å². The van der Waals surface area contributed by atoms with Crippen molar-refractivity contribution in [1.29, 1.82) is 0 Å². The van der Waals surface area contributed by atoms with Crippen LogP contribution in [0.1, 0.15) is 16.8 Å². The van der Waals surface area contributed by atoms with Gasteiger partial charge in [0.2, 0.25) is 10.0 Å². The average molecular weight is 350 g/mol. The number of aromatic carboxylic acids is 1. The highest BCUT2D eigenvalue weighted by Gasteiger charge is 2.33. The Morgan fingerprint density at radius 3 is 2.63 bits per heavy atom. The molecule has 2 N–H and O–H groups in total. The molecule has 0 amide bonds. The second kappa shape index (κ2) is 5.20. The molecule has 1 heterocycles. The molecule has 1 saturated heterocycles. The Kier molecular flexibility index (Phi) is 3.95. The number of carboxylic acids is 1. The van der Waals surface area contributed by atoms with Crippen molar-refractivity contribution in [2.45, 2.75) is 17.4 Å². The minimum absolute atomic E-state index is 0.0338. The second-order valence-electron chi connectivity index (χ2n) is 4.26. The van der Waals surface area contributed by atoms with Gasteiger partial charge in [0.15, 0.2) is 0 Å². The van der Waals surface area contributed by atoms with Crippen molar-refractivity contribution >= 4 is 31.9 Å². The fourth-order valence-corrected chi connectivity index (χ4v) is 4.35. The SMILES string of the molecule is O=C(O)c1ccc(Br)c(S(=O)(=O)N2CCC(O)C2)c1. The van der Waals surface area contributed by atoms with Gasteiger partial charge in [-0.15, -0.1) is 0 Å². The summed E-state index contributed by atoms with van der Waals surface area (Å²) in [7, 11) is -3.80. The monoisotopic (exact) mass is 349 g/mol. The zero-order valence-corrected chi connectivity index (χ0v) is 12.2. The van der Waals surface area contributed by atoms with Gasteiger partial charge in [-0.3, -0.25) is 0 Å². The van der Waals surface area contributed by atoms with E-state index in [-0.39, 0.29) is 23.5 Å². The van der Waals surface area contributed by atoms with Gasteiger partial charge in [0, 0.05) is 17.6 Å². The largest absolute Gasteiger partial charge is 0.478 e. The number of rotatable bonds is 3. The molecule has 1 unspecified atom stereocenters. The summed E-state index contributed by atoms with van der Waals surface area (Å²) in [6.45, 7) is 0.263. The number of β-amino-alcohol motifs (C(OH)–C–C–N with tert-alkyl or cyclic N) is 1. The van der Waals surface area contributed by atoms with Gasteiger partial charge in [-0.25, -0.2) is 13.2 Å². The summed E-state index contributed by atoms with van der Waals surface area (Å²) < 4.78 is 26.2. The molecule has 1 aromatic carbocycles. The Balaban J connectivity index is 2.45. The van der Waals surface area contributed by atoms with E-state index in [1.54, 1.807) is 0 Å². The molecule has 2 rings (SSSR count). The van der Waals surface area contributed by atoms with Gasteiger partial charge in [0.25, 0.3) is 0 Å². The Bertz CT molecular complexity index is 616. The molecule has 1 aliphatic heterocycles. The molecule has 104 valence electrons. The van der Waals surface area contributed by atoms with E-state index in [1.807, 2.05) is 0 Å². The van der Waals surface area contributed by atoms with Gasteiger partial charge in [-0.1, -0.05) is 0 Å². The molecule has 0 spiro atoms. The number of sulfonamides is 1. The van der Waals surface area contributed by atoms with Crippen LogP contribution in [0, 0.1) is 0 Å². The minimum Gasteiger partial charge on any atom is -0.478 e. The van der Waals surface area contributed by atoms with Crippen molar-refractivity contribution in [3.63, 3.8) is 0 Å². The number of carboxylic acid groups (broad SMARTS) is 1. The number of carbonyl (C=O) groups is 1. The van der Waals surface area contributed by atoms with Crippen LogP contribution in [-0.4, -0.2) is 48.1 Å². The molecule has 1 aliphatic rings. The third kappa shape index (κ3) is 2.81. The smallest absolute Gasteiger partial charge is 0.335 e. The van der Waals surface area contributed by atoms with E-state index in [9.17, 15) is 18.3 Å². The molecule has 0 bridgehead atoms. The molecule has 0 radical (unpaired) electrons. The molecule has 0 aliphatic carbocycles. The summed E-state index contributed by atoms with van der Waals surface area (Å²) in [5.74, 6) is -1.19. The topological polar surface area (TPSA) is 94.9 Å². The first-order valence-electron chi connectivity index (χ1n) is 5.53. The van der Waals surface area contributed by atoms with E-state index in [0.29, 0.717) is 10.9 Å². The first kappa shape index (κ1) is 14.4. The molecule has 0 aromatic heterocycles. The average Bonchev–Trinajstić information content (AvgIpc) is 2.76. The van der Waals surface area contributed by atoms with Crippen molar-refractivity contribution in [3.8, 4) is 0 Å². The van der Waals surface area contributed by atoms with Crippen molar-refractivity contribution in [2.75, 3.05) is 13.1 Å². The first-order valence-corrected chi connectivity index (χ1v) is 7.76. The molecule has 0 saturated carbocycles. The first-order chi connectivity index (χ1) is 8.82. The van der Waals surface area contributed by atoms with Gasteiger partial charge in [-0.2, -0.15) is 4.31 Å². The summed E-state index contributed by atoms with van der Waals surface area (Å²) in [5, 5.41) is 18.3.